The zero-order chi connectivity index (χ0) is 15.9. The van der Waals surface area contributed by atoms with Crippen molar-refractivity contribution in [3.8, 4) is 5.75 Å². The minimum atomic E-state index is -0.533. The molecule has 0 aliphatic rings. The maximum atomic E-state index is 10.1. The third-order valence-electron chi connectivity index (χ3n) is 3.22. The van der Waals surface area contributed by atoms with Gasteiger partial charge in [0.05, 0.1) is 12.2 Å². The molecule has 0 saturated carbocycles. The van der Waals surface area contributed by atoms with E-state index < -0.39 is 6.10 Å². The van der Waals surface area contributed by atoms with Gasteiger partial charge < -0.3 is 15.2 Å². The maximum Gasteiger partial charge on any atom is 0.124 e. The van der Waals surface area contributed by atoms with E-state index >= 15 is 0 Å². The summed E-state index contributed by atoms with van der Waals surface area (Å²) in [4.78, 5) is 0. The van der Waals surface area contributed by atoms with E-state index in [-0.39, 0.29) is 6.10 Å². The second kappa shape index (κ2) is 8.18. The maximum absolute atomic E-state index is 10.1. The molecule has 2 aromatic rings. The van der Waals surface area contributed by atoms with E-state index in [2.05, 4.69) is 5.32 Å². The number of nitrogens with one attached hydrogen (secondary N) is 1. The van der Waals surface area contributed by atoms with Crippen molar-refractivity contribution in [3.05, 3.63) is 64.7 Å². The van der Waals surface area contributed by atoms with Crippen molar-refractivity contribution in [1.82, 2.24) is 5.32 Å². The third-order valence-corrected chi connectivity index (χ3v) is 3.46. The van der Waals surface area contributed by atoms with E-state index in [9.17, 15) is 5.11 Å². The zero-order valence-corrected chi connectivity index (χ0v) is 13.7. The lowest BCUT2D eigenvalue weighted by Gasteiger charge is -2.16. The summed E-state index contributed by atoms with van der Waals surface area (Å²) in [6.45, 7) is 5.04. The summed E-state index contributed by atoms with van der Waals surface area (Å²) in [6.07, 6.45) is -0.426. The number of ether oxygens (including phenoxy) is 1. The molecule has 2 N–H and O–H groups in total. The Morgan fingerprint density at radius 2 is 1.86 bits per heavy atom. The highest BCUT2D eigenvalue weighted by Crippen LogP contribution is 2.24. The molecule has 22 heavy (non-hydrogen) atoms. The Morgan fingerprint density at radius 1 is 1.14 bits per heavy atom. The van der Waals surface area contributed by atoms with Crippen LogP contribution in [0.25, 0.3) is 0 Å². The average Bonchev–Trinajstić information content (AvgIpc) is 2.50. The molecule has 118 valence electrons. The number of aliphatic hydroxyl groups is 1. The molecule has 0 saturated heterocycles. The van der Waals surface area contributed by atoms with Crippen LogP contribution in [0.4, 0.5) is 0 Å². The van der Waals surface area contributed by atoms with Gasteiger partial charge >= 0.3 is 0 Å². The van der Waals surface area contributed by atoms with E-state index in [4.69, 9.17) is 16.3 Å². The van der Waals surface area contributed by atoms with Crippen molar-refractivity contribution in [2.24, 2.45) is 0 Å². The summed E-state index contributed by atoms with van der Waals surface area (Å²) < 4.78 is 5.78. The van der Waals surface area contributed by atoms with Gasteiger partial charge in [0, 0.05) is 23.7 Å². The molecular weight excluding hydrogens is 298 g/mol. The molecule has 1 atom stereocenters. The minimum Gasteiger partial charge on any atom is -0.491 e. The molecule has 0 aliphatic carbocycles. The smallest absolute Gasteiger partial charge is 0.124 e. The number of halogens is 1. The van der Waals surface area contributed by atoms with E-state index in [0.29, 0.717) is 18.1 Å². The largest absolute Gasteiger partial charge is 0.491 e. The van der Waals surface area contributed by atoms with Crippen molar-refractivity contribution in [2.45, 2.75) is 32.6 Å². The summed E-state index contributed by atoms with van der Waals surface area (Å²) in [6, 6.07) is 15.2. The highest BCUT2D eigenvalue weighted by atomic mass is 35.5. The zero-order valence-electron chi connectivity index (χ0n) is 12.9. The first-order chi connectivity index (χ1) is 10.6. The molecule has 0 spiro atoms. The van der Waals surface area contributed by atoms with Crippen molar-refractivity contribution >= 4 is 11.6 Å². The molecule has 0 heterocycles. The normalized spacial score (nSPS) is 12.4. The molecular formula is C18H22ClNO2. The highest BCUT2D eigenvalue weighted by molar-refractivity contribution is 6.30. The Hall–Kier alpha value is -1.55. The van der Waals surface area contributed by atoms with E-state index in [0.717, 1.165) is 16.9 Å². The Balaban J connectivity index is 1.95. The van der Waals surface area contributed by atoms with Crippen LogP contribution in [0.15, 0.2) is 48.5 Å². The monoisotopic (exact) mass is 319 g/mol. The lowest BCUT2D eigenvalue weighted by Crippen LogP contribution is -2.21. The van der Waals surface area contributed by atoms with Gasteiger partial charge in [0.15, 0.2) is 0 Å². The van der Waals surface area contributed by atoms with Crippen LogP contribution in [0.1, 0.15) is 31.1 Å². The van der Waals surface area contributed by atoms with Gasteiger partial charge in [-0.15, -0.1) is 0 Å². The highest BCUT2D eigenvalue weighted by Gasteiger charge is 2.09. The van der Waals surface area contributed by atoms with E-state index in [1.54, 1.807) is 0 Å². The lowest BCUT2D eigenvalue weighted by molar-refractivity contribution is 0.174. The van der Waals surface area contributed by atoms with Crippen LogP contribution in [-0.2, 0) is 6.54 Å². The van der Waals surface area contributed by atoms with Crippen molar-refractivity contribution in [1.29, 1.82) is 0 Å². The quantitative estimate of drug-likeness (QED) is 0.812. The first-order valence-corrected chi connectivity index (χ1v) is 7.83. The fraction of sp³-hybridized carbons (Fsp3) is 0.333. The third kappa shape index (κ3) is 5.02. The molecule has 3 nitrogen and oxygen atoms in total. The Morgan fingerprint density at radius 3 is 2.55 bits per heavy atom. The van der Waals surface area contributed by atoms with Gasteiger partial charge in [0.2, 0.25) is 0 Å². The van der Waals surface area contributed by atoms with Gasteiger partial charge in [-0.05, 0) is 37.6 Å². The standard InChI is InChI=1S/C18H22ClNO2/c1-13(2)22-18-9-8-16(19)10-15(18)11-20-12-17(21)14-6-4-3-5-7-14/h3-10,13,17,20-21H,11-12H2,1-2H3/t17-/m0/s1. The molecule has 0 amide bonds. The van der Waals surface area contributed by atoms with Gasteiger partial charge in [0.1, 0.15) is 5.75 Å². The van der Waals surface area contributed by atoms with Gasteiger partial charge in [-0.3, -0.25) is 0 Å². The fourth-order valence-electron chi connectivity index (χ4n) is 2.19. The summed E-state index contributed by atoms with van der Waals surface area (Å²) in [5.74, 6) is 0.820. The van der Waals surface area contributed by atoms with Crippen molar-refractivity contribution in [3.63, 3.8) is 0 Å². The summed E-state index contributed by atoms with van der Waals surface area (Å²) >= 11 is 6.06. The SMILES string of the molecule is CC(C)Oc1ccc(Cl)cc1CNC[C@H](O)c1ccccc1. The number of hydrogen-bond acceptors (Lipinski definition) is 3. The first-order valence-electron chi connectivity index (χ1n) is 7.45. The number of aliphatic hydroxyl groups excluding tert-OH is 1. The van der Waals surface area contributed by atoms with Gasteiger partial charge in [-0.1, -0.05) is 41.9 Å². The van der Waals surface area contributed by atoms with E-state index in [1.807, 2.05) is 62.4 Å². The lowest BCUT2D eigenvalue weighted by atomic mass is 10.1. The number of benzene rings is 2. The average molecular weight is 320 g/mol. The molecule has 0 unspecified atom stereocenters. The van der Waals surface area contributed by atoms with Crippen LogP contribution < -0.4 is 10.1 Å². The topological polar surface area (TPSA) is 41.5 Å². The van der Waals surface area contributed by atoms with Crippen LogP contribution in [0.3, 0.4) is 0 Å². The molecule has 2 aromatic carbocycles. The molecule has 0 radical (unpaired) electrons. The molecule has 0 aliphatic heterocycles. The van der Waals surface area contributed by atoms with Crippen LogP contribution in [-0.4, -0.2) is 17.8 Å². The second-order valence-electron chi connectivity index (χ2n) is 5.48. The van der Waals surface area contributed by atoms with Gasteiger partial charge in [-0.2, -0.15) is 0 Å². The van der Waals surface area contributed by atoms with Crippen LogP contribution in [0.5, 0.6) is 5.75 Å². The Labute approximate surface area is 136 Å². The Bertz CT molecular complexity index is 587. The van der Waals surface area contributed by atoms with E-state index in [1.165, 1.54) is 0 Å². The summed E-state index contributed by atoms with van der Waals surface area (Å²) in [5, 5.41) is 14.1. The summed E-state index contributed by atoms with van der Waals surface area (Å²) in [5.41, 5.74) is 1.89. The number of rotatable bonds is 7. The molecule has 2 rings (SSSR count). The van der Waals surface area contributed by atoms with Crippen LogP contribution >= 0.6 is 11.6 Å². The van der Waals surface area contributed by atoms with Crippen LogP contribution in [0.2, 0.25) is 5.02 Å². The fourth-order valence-corrected chi connectivity index (χ4v) is 2.39. The van der Waals surface area contributed by atoms with Crippen molar-refractivity contribution in [2.75, 3.05) is 6.54 Å². The molecule has 0 fully saturated rings. The summed E-state index contributed by atoms with van der Waals surface area (Å²) in [7, 11) is 0. The van der Waals surface area contributed by atoms with Gasteiger partial charge in [-0.25, -0.2) is 0 Å². The predicted octanol–water partition coefficient (Wildman–Crippen LogP) is 3.95. The van der Waals surface area contributed by atoms with Crippen molar-refractivity contribution < 1.29 is 9.84 Å². The molecule has 0 aromatic heterocycles. The first kappa shape index (κ1) is 16.8. The second-order valence-corrected chi connectivity index (χ2v) is 5.91. The molecule has 4 heteroatoms. The minimum absolute atomic E-state index is 0.106. The number of hydrogen-bond donors (Lipinski definition) is 2. The Kier molecular flexibility index (Phi) is 6.25. The van der Waals surface area contributed by atoms with Crippen LogP contribution in [0, 0.1) is 0 Å². The van der Waals surface area contributed by atoms with Gasteiger partial charge in [0.25, 0.3) is 0 Å². The molecule has 0 bridgehead atoms. The predicted molar refractivity (Wildman–Crippen MR) is 90.3 cm³/mol.